The molecular formula is C18H17F2N3O3. The Hall–Kier alpha value is -3.03. The molecule has 3 rings (SSSR count). The van der Waals surface area contributed by atoms with Gasteiger partial charge >= 0.3 is 0 Å². The van der Waals surface area contributed by atoms with E-state index in [0.29, 0.717) is 22.8 Å². The summed E-state index contributed by atoms with van der Waals surface area (Å²) in [6.07, 6.45) is 1.51. The van der Waals surface area contributed by atoms with Crippen molar-refractivity contribution in [3.63, 3.8) is 0 Å². The lowest BCUT2D eigenvalue weighted by molar-refractivity contribution is -0.119. The fourth-order valence-electron chi connectivity index (χ4n) is 2.79. The third kappa shape index (κ3) is 2.98. The van der Waals surface area contributed by atoms with E-state index >= 15 is 0 Å². The van der Waals surface area contributed by atoms with Crippen molar-refractivity contribution in [1.29, 1.82) is 0 Å². The van der Waals surface area contributed by atoms with E-state index in [9.17, 15) is 18.4 Å². The van der Waals surface area contributed by atoms with Gasteiger partial charge in [0.05, 0.1) is 5.69 Å². The van der Waals surface area contributed by atoms with Crippen LogP contribution < -0.4 is 10.9 Å². The maximum Gasteiger partial charge on any atom is 0.265 e. The van der Waals surface area contributed by atoms with E-state index in [2.05, 4.69) is 10.3 Å². The number of aromatic nitrogens is 2. The minimum Gasteiger partial charge on any atom is -0.443 e. The Bertz CT molecular complexity index is 1060. The molecule has 1 atom stereocenters. The first-order valence-corrected chi connectivity index (χ1v) is 8.06. The van der Waals surface area contributed by atoms with Gasteiger partial charge in [0.1, 0.15) is 35.2 Å². The van der Waals surface area contributed by atoms with Gasteiger partial charge in [0, 0.05) is 11.6 Å². The van der Waals surface area contributed by atoms with Crippen LogP contribution in [0.15, 0.2) is 33.7 Å². The highest BCUT2D eigenvalue weighted by Gasteiger charge is 2.24. The lowest BCUT2D eigenvalue weighted by Gasteiger charge is -2.17. The average molecular weight is 361 g/mol. The van der Waals surface area contributed by atoms with E-state index < -0.39 is 29.1 Å². The number of halogens is 2. The number of amides is 1. The molecule has 2 aromatic heterocycles. The highest BCUT2D eigenvalue weighted by atomic mass is 19.1. The first kappa shape index (κ1) is 17.8. The molecule has 1 N–H and O–H groups in total. The number of rotatable bonds is 4. The highest BCUT2D eigenvalue weighted by Crippen LogP contribution is 2.22. The van der Waals surface area contributed by atoms with Crippen molar-refractivity contribution in [3.8, 4) is 0 Å². The number of furan rings is 1. The van der Waals surface area contributed by atoms with Gasteiger partial charge in [-0.05, 0) is 32.4 Å². The number of carbonyl (C=O) groups is 1. The Morgan fingerprint density at radius 1 is 1.35 bits per heavy atom. The third-order valence-corrected chi connectivity index (χ3v) is 4.33. The molecule has 0 spiro atoms. The summed E-state index contributed by atoms with van der Waals surface area (Å²) in [5.41, 5.74) is 0.297. The molecule has 0 bridgehead atoms. The molecule has 6 nitrogen and oxygen atoms in total. The van der Waals surface area contributed by atoms with Crippen molar-refractivity contribution in [2.75, 3.05) is 5.32 Å². The second kappa shape index (κ2) is 6.70. The fraction of sp³-hybridized carbons (Fsp3) is 0.278. The largest absolute Gasteiger partial charge is 0.443 e. The van der Waals surface area contributed by atoms with Gasteiger partial charge in [-0.3, -0.25) is 14.2 Å². The molecule has 0 saturated carbocycles. The first-order valence-electron chi connectivity index (χ1n) is 8.06. The van der Waals surface area contributed by atoms with Crippen LogP contribution in [0.5, 0.6) is 0 Å². The molecule has 0 aliphatic heterocycles. The quantitative estimate of drug-likeness (QED) is 0.772. The van der Waals surface area contributed by atoms with Crippen molar-refractivity contribution >= 4 is 22.7 Å². The lowest BCUT2D eigenvalue weighted by Crippen LogP contribution is -2.33. The minimum absolute atomic E-state index is 0.160. The number of nitrogens with one attached hydrogen (secondary N) is 1. The summed E-state index contributed by atoms with van der Waals surface area (Å²) in [6, 6.07) is 1.94. The predicted octanol–water partition coefficient (Wildman–Crippen LogP) is 3.47. The molecule has 0 unspecified atom stereocenters. The Labute approximate surface area is 147 Å². The molecular weight excluding hydrogens is 344 g/mol. The highest BCUT2D eigenvalue weighted by molar-refractivity contribution is 5.94. The van der Waals surface area contributed by atoms with Crippen LogP contribution in [0.2, 0.25) is 0 Å². The first-order chi connectivity index (χ1) is 12.3. The molecule has 136 valence electrons. The van der Waals surface area contributed by atoms with Crippen molar-refractivity contribution in [3.05, 3.63) is 57.8 Å². The van der Waals surface area contributed by atoms with Crippen molar-refractivity contribution < 1.29 is 18.0 Å². The van der Waals surface area contributed by atoms with Crippen LogP contribution in [-0.2, 0) is 4.79 Å². The molecule has 0 fully saturated rings. The molecule has 0 aliphatic rings. The number of hydrogen-bond acceptors (Lipinski definition) is 4. The van der Waals surface area contributed by atoms with E-state index in [1.165, 1.54) is 10.9 Å². The molecule has 8 heteroatoms. The zero-order chi connectivity index (χ0) is 19.0. The zero-order valence-electron chi connectivity index (χ0n) is 14.5. The lowest BCUT2D eigenvalue weighted by atomic mass is 10.1. The van der Waals surface area contributed by atoms with Gasteiger partial charge in [-0.1, -0.05) is 6.92 Å². The fourth-order valence-corrected chi connectivity index (χ4v) is 2.79. The number of anilines is 1. The van der Waals surface area contributed by atoms with Crippen molar-refractivity contribution in [2.24, 2.45) is 0 Å². The second-order valence-corrected chi connectivity index (χ2v) is 5.96. The van der Waals surface area contributed by atoms with E-state index in [1.807, 2.05) is 0 Å². The van der Waals surface area contributed by atoms with E-state index in [-0.39, 0.29) is 17.8 Å². The van der Waals surface area contributed by atoms with E-state index in [1.54, 1.807) is 20.8 Å². The van der Waals surface area contributed by atoms with Gasteiger partial charge in [0.15, 0.2) is 0 Å². The smallest absolute Gasteiger partial charge is 0.265 e. The standard InChI is InChI=1S/C18H17F2N3O3/c1-4-14(16(24)22-13-6-5-11(19)7-12(13)20)23-8-21-17-15(18(23)25)9(2)10(3)26-17/h5-8,14H,4H2,1-3H3,(H,22,24)/t14-/m0/s1. The summed E-state index contributed by atoms with van der Waals surface area (Å²) in [7, 11) is 0. The third-order valence-electron chi connectivity index (χ3n) is 4.33. The zero-order valence-corrected chi connectivity index (χ0v) is 14.5. The molecule has 1 amide bonds. The van der Waals surface area contributed by atoms with Crippen LogP contribution in [0, 0.1) is 25.5 Å². The summed E-state index contributed by atoms with van der Waals surface area (Å²) in [5, 5.41) is 2.70. The Morgan fingerprint density at radius 3 is 2.73 bits per heavy atom. The number of hydrogen-bond donors (Lipinski definition) is 1. The topological polar surface area (TPSA) is 77.1 Å². The van der Waals surface area contributed by atoms with Crippen LogP contribution in [0.25, 0.3) is 11.1 Å². The maximum atomic E-state index is 13.8. The van der Waals surface area contributed by atoms with Gasteiger partial charge in [-0.15, -0.1) is 0 Å². The Kier molecular flexibility index (Phi) is 4.58. The van der Waals surface area contributed by atoms with Gasteiger partial charge < -0.3 is 9.73 Å². The van der Waals surface area contributed by atoms with Gasteiger partial charge in [-0.2, -0.15) is 0 Å². The summed E-state index contributed by atoms with van der Waals surface area (Å²) in [5.74, 6) is -1.66. The number of aryl methyl sites for hydroxylation is 2. The molecule has 3 aromatic rings. The SMILES string of the molecule is CC[C@@H](C(=O)Nc1ccc(F)cc1F)n1cnc2oc(C)c(C)c2c1=O. The molecule has 0 aliphatic carbocycles. The van der Waals surface area contributed by atoms with Crippen molar-refractivity contribution in [2.45, 2.75) is 33.2 Å². The van der Waals surface area contributed by atoms with Crippen LogP contribution in [0.1, 0.15) is 30.7 Å². The second-order valence-electron chi connectivity index (χ2n) is 5.96. The van der Waals surface area contributed by atoms with Crippen LogP contribution in [-0.4, -0.2) is 15.5 Å². The predicted molar refractivity (Wildman–Crippen MR) is 92.1 cm³/mol. The molecule has 0 radical (unpaired) electrons. The Balaban J connectivity index is 1.99. The molecule has 2 heterocycles. The van der Waals surface area contributed by atoms with Crippen LogP contribution in [0.4, 0.5) is 14.5 Å². The summed E-state index contributed by atoms with van der Waals surface area (Å²) in [6.45, 7) is 5.18. The van der Waals surface area contributed by atoms with Crippen LogP contribution in [0.3, 0.4) is 0 Å². The van der Waals surface area contributed by atoms with Gasteiger partial charge in [0.2, 0.25) is 11.6 Å². The number of nitrogens with zero attached hydrogens (tertiary/aromatic N) is 2. The van der Waals surface area contributed by atoms with E-state index in [4.69, 9.17) is 4.42 Å². The summed E-state index contributed by atoms with van der Waals surface area (Å²) < 4.78 is 33.4. The maximum absolute atomic E-state index is 13.8. The Morgan fingerprint density at radius 2 is 2.08 bits per heavy atom. The summed E-state index contributed by atoms with van der Waals surface area (Å²) >= 11 is 0. The minimum atomic E-state index is -0.904. The molecule has 0 saturated heterocycles. The average Bonchev–Trinajstić information content (AvgIpc) is 2.88. The van der Waals surface area contributed by atoms with Crippen LogP contribution >= 0.6 is 0 Å². The monoisotopic (exact) mass is 361 g/mol. The van der Waals surface area contributed by atoms with E-state index in [0.717, 1.165) is 12.1 Å². The number of fused-ring (bicyclic) bond motifs is 1. The molecule has 1 aromatic carbocycles. The molecule has 26 heavy (non-hydrogen) atoms. The number of carbonyl (C=O) groups excluding carboxylic acids is 1. The van der Waals surface area contributed by atoms with Crippen molar-refractivity contribution in [1.82, 2.24) is 9.55 Å². The summed E-state index contributed by atoms with van der Waals surface area (Å²) in [4.78, 5) is 29.5. The van der Waals surface area contributed by atoms with Gasteiger partial charge in [-0.25, -0.2) is 13.8 Å². The number of benzene rings is 1. The van der Waals surface area contributed by atoms with Gasteiger partial charge in [0.25, 0.3) is 5.56 Å². The normalized spacial score (nSPS) is 12.3.